The molecule has 2 N–H and O–H groups in total. The van der Waals surface area contributed by atoms with E-state index in [9.17, 15) is 8.42 Å². The Labute approximate surface area is 115 Å². The third kappa shape index (κ3) is 4.02. The SMILES string of the molecule is CCn1cnc(S(=O)(=O)N(C)CCC(N)C(C)C)c1. The largest absolute Gasteiger partial charge is 0.336 e. The molecule has 1 heterocycles. The van der Waals surface area contributed by atoms with Crippen LogP contribution >= 0.6 is 0 Å². The Balaban J connectivity index is 2.71. The third-order valence-corrected chi connectivity index (χ3v) is 5.03. The van der Waals surface area contributed by atoms with Crippen molar-refractivity contribution < 1.29 is 8.42 Å². The molecule has 0 saturated carbocycles. The lowest BCUT2D eigenvalue weighted by Crippen LogP contribution is -2.34. The van der Waals surface area contributed by atoms with Crippen LogP contribution in [0.5, 0.6) is 0 Å². The zero-order valence-corrected chi connectivity index (χ0v) is 12.9. The van der Waals surface area contributed by atoms with Crippen LogP contribution in [0.25, 0.3) is 0 Å². The van der Waals surface area contributed by atoms with Gasteiger partial charge in [0.05, 0.1) is 6.33 Å². The van der Waals surface area contributed by atoms with Gasteiger partial charge in [-0.1, -0.05) is 13.8 Å². The van der Waals surface area contributed by atoms with Gasteiger partial charge in [0.15, 0.2) is 5.03 Å². The van der Waals surface area contributed by atoms with Crippen LogP contribution in [0.3, 0.4) is 0 Å². The van der Waals surface area contributed by atoms with Crippen LogP contribution in [0, 0.1) is 5.92 Å². The van der Waals surface area contributed by atoms with Crippen LogP contribution in [-0.4, -0.2) is 41.9 Å². The van der Waals surface area contributed by atoms with E-state index in [4.69, 9.17) is 5.73 Å². The second-order valence-electron chi connectivity index (χ2n) is 5.07. The molecule has 110 valence electrons. The summed E-state index contributed by atoms with van der Waals surface area (Å²) in [6.07, 6.45) is 3.72. The third-order valence-electron chi connectivity index (χ3n) is 3.28. The van der Waals surface area contributed by atoms with Gasteiger partial charge in [0.2, 0.25) is 0 Å². The van der Waals surface area contributed by atoms with Gasteiger partial charge >= 0.3 is 0 Å². The first-order chi connectivity index (χ1) is 8.78. The number of rotatable bonds is 7. The summed E-state index contributed by atoms with van der Waals surface area (Å²) < 4.78 is 27.6. The fourth-order valence-corrected chi connectivity index (χ4v) is 2.70. The molecular weight excluding hydrogens is 264 g/mol. The average Bonchev–Trinajstić information content (AvgIpc) is 2.84. The first kappa shape index (κ1) is 16.1. The van der Waals surface area contributed by atoms with Gasteiger partial charge in [0, 0.05) is 32.4 Å². The van der Waals surface area contributed by atoms with E-state index in [1.54, 1.807) is 17.8 Å². The number of aromatic nitrogens is 2. The summed E-state index contributed by atoms with van der Waals surface area (Å²) in [6.45, 7) is 7.10. The maximum Gasteiger partial charge on any atom is 0.261 e. The minimum atomic E-state index is -3.50. The fraction of sp³-hybridized carbons (Fsp3) is 0.750. The molecule has 6 nitrogen and oxygen atoms in total. The average molecular weight is 288 g/mol. The lowest BCUT2D eigenvalue weighted by molar-refractivity contribution is 0.396. The molecule has 0 aliphatic heterocycles. The number of imidazole rings is 1. The summed E-state index contributed by atoms with van der Waals surface area (Å²) in [7, 11) is -1.94. The van der Waals surface area contributed by atoms with E-state index < -0.39 is 10.0 Å². The Morgan fingerprint density at radius 1 is 1.47 bits per heavy atom. The molecule has 1 rings (SSSR count). The van der Waals surface area contributed by atoms with Crippen molar-refractivity contribution >= 4 is 10.0 Å². The molecule has 7 heteroatoms. The maximum absolute atomic E-state index is 12.3. The summed E-state index contributed by atoms with van der Waals surface area (Å²) in [4.78, 5) is 3.94. The minimum absolute atomic E-state index is 0.00542. The summed E-state index contributed by atoms with van der Waals surface area (Å²) >= 11 is 0. The van der Waals surface area contributed by atoms with E-state index in [0.29, 0.717) is 25.4 Å². The summed E-state index contributed by atoms with van der Waals surface area (Å²) in [6, 6.07) is 0.00542. The molecule has 0 fully saturated rings. The van der Waals surface area contributed by atoms with Gasteiger partial charge in [0.25, 0.3) is 10.0 Å². The second-order valence-corrected chi connectivity index (χ2v) is 7.06. The standard InChI is InChI=1S/C12H24N4O2S/c1-5-16-8-12(14-9-16)19(17,18)15(4)7-6-11(13)10(2)3/h8-11H,5-7,13H2,1-4H3. The van der Waals surface area contributed by atoms with Crippen LogP contribution < -0.4 is 5.73 Å². The van der Waals surface area contributed by atoms with Gasteiger partial charge in [-0.05, 0) is 19.3 Å². The molecule has 0 saturated heterocycles. The predicted molar refractivity (Wildman–Crippen MR) is 75.1 cm³/mol. The van der Waals surface area contributed by atoms with Gasteiger partial charge < -0.3 is 10.3 Å². The summed E-state index contributed by atoms with van der Waals surface area (Å²) in [5, 5.41) is 0.0926. The minimum Gasteiger partial charge on any atom is -0.336 e. The molecule has 0 aliphatic rings. The van der Waals surface area contributed by atoms with Crippen molar-refractivity contribution in [1.29, 1.82) is 0 Å². The summed E-state index contributed by atoms with van der Waals surface area (Å²) in [5.74, 6) is 0.343. The molecular formula is C12H24N4O2S. The van der Waals surface area contributed by atoms with Crippen LogP contribution in [0.2, 0.25) is 0 Å². The highest BCUT2D eigenvalue weighted by Crippen LogP contribution is 2.13. The molecule has 0 amide bonds. The second kappa shape index (κ2) is 6.49. The first-order valence-electron chi connectivity index (χ1n) is 6.52. The van der Waals surface area contributed by atoms with E-state index >= 15 is 0 Å². The first-order valence-corrected chi connectivity index (χ1v) is 7.96. The highest BCUT2D eigenvalue weighted by Gasteiger charge is 2.24. The number of hydrogen-bond acceptors (Lipinski definition) is 4. The molecule has 1 unspecified atom stereocenters. The Kier molecular flexibility index (Phi) is 5.51. The number of nitrogens with zero attached hydrogens (tertiary/aromatic N) is 3. The van der Waals surface area contributed by atoms with Crippen LogP contribution in [0.1, 0.15) is 27.2 Å². The van der Waals surface area contributed by atoms with E-state index in [1.807, 2.05) is 20.8 Å². The van der Waals surface area contributed by atoms with Crippen LogP contribution in [-0.2, 0) is 16.6 Å². The number of sulfonamides is 1. The van der Waals surface area contributed by atoms with Gasteiger partial charge in [0.1, 0.15) is 0 Å². The van der Waals surface area contributed by atoms with Crippen LogP contribution in [0.4, 0.5) is 0 Å². The van der Waals surface area contributed by atoms with Gasteiger partial charge in [-0.2, -0.15) is 4.31 Å². The molecule has 0 aromatic carbocycles. The van der Waals surface area contributed by atoms with Crippen molar-refractivity contribution in [3.63, 3.8) is 0 Å². The van der Waals surface area contributed by atoms with Crippen molar-refractivity contribution in [2.45, 2.75) is 44.8 Å². The van der Waals surface area contributed by atoms with Crippen molar-refractivity contribution in [3.8, 4) is 0 Å². The number of hydrogen-bond donors (Lipinski definition) is 1. The Morgan fingerprint density at radius 2 is 2.11 bits per heavy atom. The molecule has 1 aromatic heterocycles. The Morgan fingerprint density at radius 3 is 2.58 bits per heavy atom. The predicted octanol–water partition coefficient (Wildman–Crippen LogP) is 0.897. The van der Waals surface area contributed by atoms with Gasteiger partial charge in [-0.15, -0.1) is 0 Å². The molecule has 19 heavy (non-hydrogen) atoms. The van der Waals surface area contributed by atoms with Crippen molar-refractivity contribution in [1.82, 2.24) is 13.9 Å². The monoisotopic (exact) mass is 288 g/mol. The van der Waals surface area contributed by atoms with Gasteiger partial charge in [-0.25, -0.2) is 13.4 Å². The maximum atomic E-state index is 12.3. The lowest BCUT2D eigenvalue weighted by Gasteiger charge is -2.20. The Hall–Kier alpha value is -0.920. The topological polar surface area (TPSA) is 81.2 Å². The number of nitrogens with two attached hydrogens (primary N) is 1. The van der Waals surface area contributed by atoms with Crippen LogP contribution in [0.15, 0.2) is 17.6 Å². The lowest BCUT2D eigenvalue weighted by atomic mass is 10.0. The molecule has 1 aromatic rings. The van der Waals surface area contributed by atoms with E-state index in [0.717, 1.165) is 0 Å². The zero-order valence-electron chi connectivity index (χ0n) is 12.1. The molecule has 0 aliphatic carbocycles. The highest BCUT2D eigenvalue weighted by molar-refractivity contribution is 7.89. The Bertz CT molecular complexity index is 496. The van der Waals surface area contributed by atoms with E-state index in [1.165, 1.54) is 10.6 Å². The normalized spacial score (nSPS) is 14.3. The van der Waals surface area contributed by atoms with Gasteiger partial charge in [-0.3, -0.25) is 0 Å². The molecule has 0 spiro atoms. The number of aryl methyl sites for hydroxylation is 1. The quantitative estimate of drug-likeness (QED) is 0.808. The van der Waals surface area contributed by atoms with Crippen molar-refractivity contribution in [2.75, 3.05) is 13.6 Å². The summed E-state index contributed by atoms with van der Waals surface area (Å²) in [5.41, 5.74) is 5.93. The fourth-order valence-electron chi connectivity index (χ4n) is 1.59. The molecule has 0 radical (unpaired) electrons. The van der Waals surface area contributed by atoms with Crippen molar-refractivity contribution in [3.05, 3.63) is 12.5 Å². The zero-order chi connectivity index (χ0) is 14.6. The van der Waals surface area contributed by atoms with Crippen molar-refractivity contribution in [2.24, 2.45) is 11.7 Å². The molecule has 0 bridgehead atoms. The smallest absolute Gasteiger partial charge is 0.261 e. The van der Waals surface area contributed by atoms with E-state index in [2.05, 4.69) is 4.98 Å². The highest BCUT2D eigenvalue weighted by atomic mass is 32.2. The van der Waals surface area contributed by atoms with E-state index in [-0.39, 0.29) is 11.1 Å². The molecule has 1 atom stereocenters.